The molecule has 9 heteroatoms. The van der Waals surface area contributed by atoms with Gasteiger partial charge in [-0.3, -0.25) is 14.9 Å². The topological polar surface area (TPSA) is 102 Å². The number of nitrogens with zero attached hydrogens (tertiary/aromatic N) is 2. The maximum atomic E-state index is 12.0. The van der Waals surface area contributed by atoms with Gasteiger partial charge in [0.2, 0.25) is 5.96 Å². The summed E-state index contributed by atoms with van der Waals surface area (Å²) in [4.78, 5) is 27.2. The predicted octanol–water partition coefficient (Wildman–Crippen LogP) is 0.998. The van der Waals surface area contributed by atoms with Gasteiger partial charge in [-0.2, -0.15) is 0 Å². The smallest absolute Gasteiger partial charge is 0.276 e. The number of carbonyl (C=O) groups is 2. The second kappa shape index (κ2) is 6.44. The Kier molecular flexibility index (Phi) is 4.84. The van der Waals surface area contributed by atoms with E-state index in [1.54, 1.807) is 23.8 Å². The van der Waals surface area contributed by atoms with Crippen LogP contribution in [0.4, 0.5) is 0 Å². The number of rotatable bonds is 4. The van der Waals surface area contributed by atoms with E-state index in [0.717, 1.165) is 9.08 Å². The molecular weight excluding hydrogens is 406 g/mol. The third-order valence-corrected chi connectivity index (χ3v) is 4.93. The summed E-state index contributed by atoms with van der Waals surface area (Å²) in [5, 5.41) is 5.15. The van der Waals surface area contributed by atoms with Gasteiger partial charge in [0.25, 0.3) is 11.8 Å². The largest absolute Gasteiger partial charge is 0.369 e. The molecule has 1 aliphatic heterocycles. The van der Waals surface area contributed by atoms with Crippen LogP contribution in [0.25, 0.3) is 0 Å². The zero-order valence-corrected chi connectivity index (χ0v) is 14.3. The van der Waals surface area contributed by atoms with E-state index in [1.807, 2.05) is 0 Å². The molecule has 0 unspecified atom stereocenters. The second-order valence-electron chi connectivity index (χ2n) is 4.31. The van der Waals surface area contributed by atoms with Gasteiger partial charge in [-0.15, -0.1) is 0 Å². The zero-order valence-electron chi connectivity index (χ0n) is 11.1. The van der Waals surface area contributed by atoms with Crippen molar-refractivity contribution in [2.45, 2.75) is 6.42 Å². The summed E-state index contributed by atoms with van der Waals surface area (Å²) >= 11 is 6.71. The number of aromatic nitrogens is 1. The van der Waals surface area contributed by atoms with Gasteiger partial charge in [-0.25, -0.2) is 4.99 Å². The molecule has 0 saturated heterocycles. The number of nitrogens with one attached hydrogen (secondary N) is 2. The first-order valence-corrected chi connectivity index (χ1v) is 7.63. The summed E-state index contributed by atoms with van der Waals surface area (Å²) in [5.74, 6) is -0.427. The van der Waals surface area contributed by atoms with Crippen molar-refractivity contribution in [3.8, 4) is 0 Å². The van der Waals surface area contributed by atoms with E-state index in [2.05, 4.69) is 47.5 Å². The third kappa shape index (κ3) is 3.53. The first-order valence-electron chi connectivity index (χ1n) is 6.04. The molecule has 0 aliphatic carbocycles. The van der Waals surface area contributed by atoms with Crippen LogP contribution in [0.15, 0.2) is 31.9 Å². The highest BCUT2D eigenvalue weighted by molar-refractivity contribution is 9.13. The molecule has 2 heterocycles. The number of carbonyl (C=O) groups excluding carboxylic acids is 2. The minimum absolute atomic E-state index is 0.0915. The number of nitrogens with two attached hydrogens (primary N) is 1. The van der Waals surface area contributed by atoms with Gasteiger partial charge in [0, 0.05) is 13.6 Å². The van der Waals surface area contributed by atoms with E-state index in [9.17, 15) is 9.59 Å². The lowest BCUT2D eigenvalue weighted by atomic mass is 10.3. The quantitative estimate of drug-likeness (QED) is 0.502. The van der Waals surface area contributed by atoms with Crippen LogP contribution in [0.3, 0.4) is 0 Å². The normalized spacial score (nSPS) is 16.0. The van der Waals surface area contributed by atoms with Gasteiger partial charge in [0.1, 0.15) is 11.4 Å². The average molecular weight is 419 g/mol. The first-order chi connectivity index (χ1) is 9.90. The Labute approximate surface area is 137 Å². The molecule has 0 spiro atoms. The van der Waals surface area contributed by atoms with E-state index in [-0.39, 0.29) is 23.5 Å². The molecule has 2 amide bonds. The fourth-order valence-electron chi connectivity index (χ4n) is 1.77. The van der Waals surface area contributed by atoms with Crippen molar-refractivity contribution in [3.05, 3.63) is 32.6 Å². The van der Waals surface area contributed by atoms with Crippen LogP contribution in [-0.2, 0) is 11.8 Å². The van der Waals surface area contributed by atoms with Crippen molar-refractivity contribution in [3.63, 3.8) is 0 Å². The van der Waals surface area contributed by atoms with Crippen molar-refractivity contribution in [1.82, 2.24) is 15.2 Å². The standard InChI is InChI=1S/C12H13Br2N5O2/c1-19-8(5-6(13)9(19)14)11(21)16-4-2-3-7-10(20)18-12(15)17-7/h3,5H,2,4H2,1H3,(H,16,21)(H3,15,17,18,20). The van der Waals surface area contributed by atoms with Crippen LogP contribution >= 0.6 is 31.9 Å². The number of aliphatic imine (C=N–C) groups is 1. The Morgan fingerprint density at radius 1 is 1.57 bits per heavy atom. The Balaban J connectivity index is 1.89. The van der Waals surface area contributed by atoms with Gasteiger partial charge in [0.05, 0.1) is 9.08 Å². The summed E-state index contributed by atoms with van der Waals surface area (Å²) in [6.07, 6.45) is 2.12. The molecule has 1 aromatic heterocycles. The fraction of sp³-hybridized carbons (Fsp3) is 0.250. The molecule has 0 aromatic carbocycles. The number of hydrogen-bond donors (Lipinski definition) is 3. The molecule has 1 aliphatic rings. The Morgan fingerprint density at radius 3 is 2.81 bits per heavy atom. The summed E-state index contributed by atoms with van der Waals surface area (Å²) in [5.41, 5.74) is 6.17. The molecule has 0 radical (unpaired) electrons. The molecule has 0 fully saturated rings. The van der Waals surface area contributed by atoms with E-state index >= 15 is 0 Å². The van der Waals surface area contributed by atoms with Crippen LogP contribution in [-0.4, -0.2) is 28.9 Å². The Morgan fingerprint density at radius 2 is 2.29 bits per heavy atom. The maximum Gasteiger partial charge on any atom is 0.276 e. The van der Waals surface area contributed by atoms with Crippen LogP contribution in [0, 0.1) is 0 Å². The average Bonchev–Trinajstić information content (AvgIpc) is 2.88. The highest BCUT2D eigenvalue weighted by atomic mass is 79.9. The lowest BCUT2D eigenvalue weighted by Crippen LogP contribution is -2.30. The van der Waals surface area contributed by atoms with Crippen LogP contribution in [0.5, 0.6) is 0 Å². The molecule has 2 rings (SSSR count). The lowest BCUT2D eigenvalue weighted by molar-refractivity contribution is -0.115. The number of hydrogen-bond acceptors (Lipinski definition) is 4. The maximum absolute atomic E-state index is 12.0. The molecule has 1 aromatic rings. The second-order valence-corrected chi connectivity index (χ2v) is 5.92. The summed E-state index contributed by atoms with van der Waals surface area (Å²) in [6, 6.07) is 1.73. The first kappa shape index (κ1) is 15.8. The molecule has 0 bridgehead atoms. The number of guanidine groups is 1. The van der Waals surface area contributed by atoms with Crippen LogP contribution in [0.1, 0.15) is 16.9 Å². The van der Waals surface area contributed by atoms with Crippen molar-refractivity contribution >= 4 is 49.6 Å². The molecule has 0 saturated carbocycles. The summed E-state index contributed by atoms with van der Waals surface area (Å²) in [7, 11) is 1.78. The highest BCUT2D eigenvalue weighted by Gasteiger charge is 2.17. The minimum atomic E-state index is -0.325. The number of halogens is 2. The van der Waals surface area contributed by atoms with Crippen molar-refractivity contribution < 1.29 is 9.59 Å². The van der Waals surface area contributed by atoms with Crippen LogP contribution < -0.4 is 16.4 Å². The monoisotopic (exact) mass is 417 g/mol. The van der Waals surface area contributed by atoms with E-state index in [4.69, 9.17) is 5.73 Å². The van der Waals surface area contributed by atoms with E-state index < -0.39 is 0 Å². The fourth-order valence-corrected chi connectivity index (χ4v) is 2.56. The predicted molar refractivity (Wildman–Crippen MR) is 85.6 cm³/mol. The van der Waals surface area contributed by atoms with Gasteiger partial charge in [0.15, 0.2) is 0 Å². The molecule has 112 valence electrons. The Hall–Kier alpha value is -1.61. The van der Waals surface area contributed by atoms with Gasteiger partial charge < -0.3 is 15.6 Å². The summed E-state index contributed by atoms with van der Waals surface area (Å²) in [6.45, 7) is 0.394. The van der Waals surface area contributed by atoms with Gasteiger partial charge >= 0.3 is 0 Å². The molecule has 21 heavy (non-hydrogen) atoms. The minimum Gasteiger partial charge on any atom is -0.369 e. The lowest BCUT2D eigenvalue weighted by Gasteiger charge is -2.05. The highest BCUT2D eigenvalue weighted by Crippen LogP contribution is 2.26. The van der Waals surface area contributed by atoms with Crippen molar-refractivity contribution in [2.75, 3.05) is 6.54 Å². The molecule has 0 atom stereocenters. The van der Waals surface area contributed by atoms with E-state index in [0.29, 0.717) is 18.7 Å². The summed E-state index contributed by atoms with van der Waals surface area (Å²) < 4.78 is 3.33. The molecule has 7 nitrogen and oxygen atoms in total. The van der Waals surface area contributed by atoms with Crippen molar-refractivity contribution in [2.24, 2.45) is 17.8 Å². The van der Waals surface area contributed by atoms with E-state index in [1.165, 1.54) is 0 Å². The van der Waals surface area contributed by atoms with Crippen LogP contribution in [0.2, 0.25) is 0 Å². The molecule has 4 N–H and O–H groups in total. The zero-order chi connectivity index (χ0) is 15.6. The van der Waals surface area contributed by atoms with Gasteiger partial charge in [-0.05, 0) is 44.3 Å². The molecular formula is C12H13Br2N5O2. The third-order valence-electron chi connectivity index (χ3n) is 2.83. The van der Waals surface area contributed by atoms with Gasteiger partial charge in [-0.1, -0.05) is 6.08 Å². The number of amides is 2. The SMILES string of the molecule is Cn1c(C(=O)NCCC=C2N=C(N)NC2=O)cc(Br)c1Br. The van der Waals surface area contributed by atoms with Crippen molar-refractivity contribution in [1.29, 1.82) is 0 Å². The Bertz CT molecular complexity index is 663.